The molecule has 3 aromatic rings. The SMILES string of the molecule is COc1cccc(CN[C@H]2CCN(Cc3ccccc3)C[C@@H]2c2ccccc2)c1. The van der Waals surface area contributed by atoms with Gasteiger partial charge >= 0.3 is 0 Å². The second-order valence-corrected chi connectivity index (χ2v) is 7.87. The Morgan fingerprint density at radius 3 is 2.38 bits per heavy atom. The third-order valence-corrected chi connectivity index (χ3v) is 5.88. The van der Waals surface area contributed by atoms with Gasteiger partial charge in [0.15, 0.2) is 0 Å². The van der Waals surface area contributed by atoms with E-state index in [0.717, 1.165) is 38.3 Å². The molecule has 3 nitrogen and oxygen atoms in total. The minimum absolute atomic E-state index is 0.468. The highest BCUT2D eigenvalue weighted by Gasteiger charge is 2.30. The second-order valence-electron chi connectivity index (χ2n) is 7.87. The normalized spacial score (nSPS) is 19.8. The number of nitrogens with one attached hydrogen (secondary N) is 1. The number of piperidine rings is 1. The molecule has 3 aromatic carbocycles. The molecule has 1 aliphatic heterocycles. The third kappa shape index (κ3) is 5.26. The van der Waals surface area contributed by atoms with Crippen LogP contribution in [0.1, 0.15) is 29.0 Å². The van der Waals surface area contributed by atoms with Gasteiger partial charge in [0, 0.05) is 38.1 Å². The quantitative estimate of drug-likeness (QED) is 0.629. The summed E-state index contributed by atoms with van der Waals surface area (Å²) in [5.74, 6) is 1.40. The van der Waals surface area contributed by atoms with Crippen LogP contribution in [0, 0.1) is 0 Å². The molecule has 1 fully saturated rings. The van der Waals surface area contributed by atoms with Gasteiger partial charge < -0.3 is 10.1 Å². The summed E-state index contributed by atoms with van der Waals surface area (Å²) < 4.78 is 5.37. The number of ether oxygens (including phenoxy) is 1. The van der Waals surface area contributed by atoms with Gasteiger partial charge in [-0.3, -0.25) is 4.90 Å². The molecule has 1 aliphatic rings. The molecule has 3 heteroatoms. The fourth-order valence-electron chi connectivity index (χ4n) is 4.32. The topological polar surface area (TPSA) is 24.5 Å². The molecule has 0 amide bonds. The van der Waals surface area contributed by atoms with Crippen LogP contribution in [0.3, 0.4) is 0 Å². The van der Waals surface area contributed by atoms with Crippen LogP contribution < -0.4 is 10.1 Å². The lowest BCUT2D eigenvalue weighted by Crippen LogP contribution is -2.47. The summed E-state index contributed by atoms with van der Waals surface area (Å²) in [6, 6.07) is 30.6. The summed E-state index contributed by atoms with van der Waals surface area (Å²) in [7, 11) is 1.72. The number of likely N-dealkylation sites (tertiary alicyclic amines) is 1. The molecule has 0 bridgehead atoms. The van der Waals surface area contributed by atoms with Crippen molar-refractivity contribution in [3.8, 4) is 5.75 Å². The van der Waals surface area contributed by atoms with E-state index in [4.69, 9.17) is 4.74 Å². The monoisotopic (exact) mass is 386 g/mol. The minimum atomic E-state index is 0.468. The van der Waals surface area contributed by atoms with Gasteiger partial charge in [0.05, 0.1) is 7.11 Å². The first-order valence-electron chi connectivity index (χ1n) is 10.5. The van der Waals surface area contributed by atoms with Gasteiger partial charge in [0.1, 0.15) is 5.75 Å². The first-order valence-corrected chi connectivity index (χ1v) is 10.5. The smallest absolute Gasteiger partial charge is 0.119 e. The van der Waals surface area contributed by atoms with Crippen molar-refractivity contribution in [3.05, 3.63) is 102 Å². The first kappa shape index (κ1) is 19.7. The maximum atomic E-state index is 5.37. The van der Waals surface area contributed by atoms with Crippen LogP contribution in [-0.2, 0) is 13.1 Å². The van der Waals surface area contributed by atoms with E-state index in [0.29, 0.717) is 12.0 Å². The van der Waals surface area contributed by atoms with E-state index in [1.165, 1.54) is 16.7 Å². The van der Waals surface area contributed by atoms with Crippen LogP contribution in [-0.4, -0.2) is 31.1 Å². The molecule has 0 radical (unpaired) electrons. The molecule has 0 spiro atoms. The highest BCUT2D eigenvalue weighted by Crippen LogP contribution is 2.29. The van der Waals surface area contributed by atoms with E-state index in [9.17, 15) is 0 Å². The Bertz CT molecular complexity index is 881. The molecular formula is C26H30N2O. The number of benzene rings is 3. The van der Waals surface area contributed by atoms with Gasteiger partial charge in [-0.25, -0.2) is 0 Å². The van der Waals surface area contributed by atoms with Crippen LogP contribution in [0.2, 0.25) is 0 Å². The minimum Gasteiger partial charge on any atom is -0.497 e. The number of methoxy groups -OCH3 is 1. The molecule has 1 N–H and O–H groups in total. The van der Waals surface area contributed by atoms with Gasteiger partial charge in [-0.05, 0) is 35.2 Å². The molecule has 29 heavy (non-hydrogen) atoms. The zero-order chi connectivity index (χ0) is 19.9. The first-order chi connectivity index (χ1) is 14.3. The number of nitrogens with zero attached hydrogens (tertiary/aromatic N) is 1. The largest absolute Gasteiger partial charge is 0.497 e. The van der Waals surface area contributed by atoms with Crippen LogP contribution in [0.4, 0.5) is 0 Å². The summed E-state index contributed by atoms with van der Waals surface area (Å²) in [6.07, 6.45) is 1.15. The molecule has 0 saturated carbocycles. The summed E-state index contributed by atoms with van der Waals surface area (Å²) in [5.41, 5.74) is 4.08. The third-order valence-electron chi connectivity index (χ3n) is 5.88. The Balaban J connectivity index is 1.46. The molecular weight excluding hydrogens is 356 g/mol. The summed E-state index contributed by atoms with van der Waals surface area (Å²) >= 11 is 0. The van der Waals surface area contributed by atoms with E-state index >= 15 is 0 Å². The molecule has 150 valence electrons. The number of hydrogen-bond donors (Lipinski definition) is 1. The fourth-order valence-corrected chi connectivity index (χ4v) is 4.32. The molecule has 4 rings (SSSR count). The molecule has 2 atom stereocenters. The maximum Gasteiger partial charge on any atom is 0.119 e. The second kappa shape index (κ2) is 9.73. The van der Waals surface area contributed by atoms with E-state index in [1.807, 2.05) is 6.07 Å². The van der Waals surface area contributed by atoms with Gasteiger partial charge in [-0.1, -0.05) is 72.8 Å². The van der Waals surface area contributed by atoms with Crippen molar-refractivity contribution in [2.45, 2.75) is 31.5 Å². The van der Waals surface area contributed by atoms with Crippen LogP contribution in [0.25, 0.3) is 0 Å². The van der Waals surface area contributed by atoms with Gasteiger partial charge in [0.25, 0.3) is 0 Å². The Kier molecular flexibility index (Phi) is 6.60. The Hall–Kier alpha value is -2.62. The van der Waals surface area contributed by atoms with Gasteiger partial charge in [-0.2, -0.15) is 0 Å². The van der Waals surface area contributed by atoms with Crippen LogP contribution in [0.5, 0.6) is 5.75 Å². The summed E-state index contributed by atoms with van der Waals surface area (Å²) in [6.45, 7) is 4.08. The van der Waals surface area contributed by atoms with Gasteiger partial charge in [0.2, 0.25) is 0 Å². The van der Waals surface area contributed by atoms with Crippen molar-refractivity contribution >= 4 is 0 Å². The standard InChI is InChI=1S/C26H30N2O/c1-29-24-14-8-11-22(17-24)18-27-26-15-16-28(19-21-9-4-2-5-10-21)20-25(26)23-12-6-3-7-13-23/h2-14,17,25-27H,15-16,18-20H2,1H3/t25-,26+/m1/s1. The Morgan fingerprint density at radius 2 is 1.62 bits per heavy atom. The lowest BCUT2D eigenvalue weighted by atomic mass is 9.85. The highest BCUT2D eigenvalue weighted by molar-refractivity contribution is 5.29. The van der Waals surface area contributed by atoms with Crippen molar-refractivity contribution in [2.75, 3.05) is 20.2 Å². The average molecular weight is 387 g/mol. The van der Waals surface area contributed by atoms with Crippen molar-refractivity contribution in [2.24, 2.45) is 0 Å². The van der Waals surface area contributed by atoms with Crippen molar-refractivity contribution in [3.63, 3.8) is 0 Å². The molecule has 0 aromatic heterocycles. The lowest BCUT2D eigenvalue weighted by molar-refractivity contribution is 0.166. The molecule has 1 heterocycles. The number of rotatable bonds is 7. The van der Waals surface area contributed by atoms with Crippen molar-refractivity contribution in [1.82, 2.24) is 10.2 Å². The molecule has 1 saturated heterocycles. The number of hydrogen-bond acceptors (Lipinski definition) is 3. The summed E-state index contributed by atoms with van der Waals surface area (Å²) in [5, 5.41) is 3.84. The Labute approximate surface area is 174 Å². The van der Waals surface area contributed by atoms with Crippen molar-refractivity contribution < 1.29 is 4.74 Å². The average Bonchev–Trinajstić information content (AvgIpc) is 2.79. The van der Waals surface area contributed by atoms with Gasteiger partial charge in [-0.15, -0.1) is 0 Å². The summed E-state index contributed by atoms with van der Waals surface area (Å²) in [4.78, 5) is 2.59. The maximum absolute atomic E-state index is 5.37. The van der Waals surface area contributed by atoms with E-state index in [2.05, 4.69) is 89.1 Å². The highest BCUT2D eigenvalue weighted by atomic mass is 16.5. The van der Waals surface area contributed by atoms with Crippen LogP contribution in [0.15, 0.2) is 84.9 Å². The van der Waals surface area contributed by atoms with Crippen LogP contribution >= 0.6 is 0 Å². The molecule has 0 unspecified atom stereocenters. The zero-order valence-electron chi connectivity index (χ0n) is 17.1. The van der Waals surface area contributed by atoms with Crippen molar-refractivity contribution in [1.29, 1.82) is 0 Å². The zero-order valence-corrected chi connectivity index (χ0v) is 17.1. The fraction of sp³-hybridized carbons (Fsp3) is 0.308. The predicted molar refractivity (Wildman–Crippen MR) is 119 cm³/mol. The lowest BCUT2D eigenvalue weighted by Gasteiger charge is -2.39. The Morgan fingerprint density at radius 1 is 0.897 bits per heavy atom. The van der Waals surface area contributed by atoms with E-state index < -0.39 is 0 Å². The predicted octanol–water partition coefficient (Wildman–Crippen LogP) is 4.84. The molecule has 0 aliphatic carbocycles. The van der Waals surface area contributed by atoms with E-state index in [-0.39, 0.29) is 0 Å². The van der Waals surface area contributed by atoms with E-state index in [1.54, 1.807) is 7.11 Å².